The zero-order valence-electron chi connectivity index (χ0n) is 8.82. The van der Waals surface area contributed by atoms with Gasteiger partial charge in [0.1, 0.15) is 11.5 Å². The van der Waals surface area contributed by atoms with Crippen LogP contribution in [0.5, 0.6) is 0 Å². The summed E-state index contributed by atoms with van der Waals surface area (Å²) in [6, 6.07) is 4.36. The molecule has 1 N–H and O–H groups in total. The smallest absolute Gasteiger partial charge is 0.138 e. The van der Waals surface area contributed by atoms with Crippen LogP contribution in [0.3, 0.4) is 0 Å². The minimum atomic E-state index is -1.35. The third-order valence-electron chi connectivity index (χ3n) is 3.08. The lowest BCUT2D eigenvalue weighted by molar-refractivity contribution is 0.114. The molecule has 0 atom stereocenters. The molecule has 0 bridgehead atoms. The van der Waals surface area contributed by atoms with Gasteiger partial charge in [-0.25, -0.2) is 8.78 Å². The Balaban J connectivity index is 2.38. The van der Waals surface area contributed by atoms with Crippen LogP contribution in [0.4, 0.5) is 8.78 Å². The number of alkyl halides is 1. The van der Waals surface area contributed by atoms with Gasteiger partial charge in [0, 0.05) is 0 Å². The van der Waals surface area contributed by atoms with Gasteiger partial charge in [-0.3, -0.25) is 0 Å². The van der Waals surface area contributed by atoms with Gasteiger partial charge in [0.15, 0.2) is 0 Å². The molecule has 1 saturated heterocycles. The normalized spacial score (nSPS) is 20.2. The summed E-state index contributed by atoms with van der Waals surface area (Å²) in [6.07, 6.45) is 0.856. The molecule has 0 radical (unpaired) electrons. The molecule has 0 amide bonds. The van der Waals surface area contributed by atoms with E-state index < -0.39 is 5.67 Å². The Morgan fingerprint density at radius 1 is 1.27 bits per heavy atom. The lowest BCUT2D eigenvalue weighted by Gasteiger charge is -2.31. The van der Waals surface area contributed by atoms with Crippen LogP contribution >= 0.6 is 0 Å². The molecule has 0 aromatic heterocycles. The molecule has 0 spiro atoms. The Hall–Kier alpha value is -0.960. The largest absolute Gasteiger partial charge is 0.316 e. The van der Waals surface area contributed by atoms with E-state index in [9.17, 15) is 8.78 Å². The molecule has 2 rings (SSSR count). The van der Waals surface area contributed by atoms with Gasteiger partial charge in [0.25, 0.3) is 0 Å². The van der Waals surface area contributed by atoms with Crippen molar-refractivity contribution in [2.24, 2.45) is 0 Å². The molecule has 15 heavy (non-hydrogen) atoms. The fraction of sp³-hybridized carbons (Fsp3) is 0.500. The highest BCUT2D eigenvalue weighted by atomic mass is 19.1. The van der Waals surface area contributed by atoms with Gasteiger partial charge < -0.3 is 5.32 Å². The molecule has 0 saturated carbocycles. The summed E-state index contributed by atoms with van der Waals surface area (Å²) in [5.74, 6) is -0.355. The molecule has 0 unspecified atom stereocenters. The van der Waals surface area contributed by atoms with E-state index in [-0.39, 0.29) is 5.82 Å². The van der Waals surface area contributed by atoms with Gasteiger partial charge in [-0.15, -0.1) is 0 Å². The van der Waals surface area contributed by atoms with Gasteiger partial charge in [0.05, 0.1) is 0 Å². The Morgan fingerprint density at radius 3 is 2.60 bits per heavy atom. The van der Waals surface area contributed by atoms with Crippen LogP contribution in [0.15, 0.2) is 18.2 Å². The van der Waals surface area contributed by atoms with Crippen molar-refractivity contribution in [3.63, 3.8) is 0 Å². The van der Waals surface area contributed by atoms with E-state index in [2.05, 4.69) is 5.32 Å². The molecule has 82 valence electrons. The highest BCUT2D eigenvalue weighted by molar-refractivity contribution is 5.32. The Bertz CT molecular complexity index is 357. The van der Waals surface area contributed by atoms with E-state index in [4.69, 9.17) is 0 Å². The number of benzene rings is 1. The van der Waals surface area contributed by atoms with Crippen LogP contribution in [0, 0.1) is 12.7 Å². The average molecular weight is 211 g/mol. The van der Waals surface area contributed by atoms with Crippen LogP contribution in [0.2, 0.25) is 0 Å². The summed E-state index contributed by atoms with van der Waals surface area (Å²) < 4.78 is 27.6. The third-order valence-corrected chi connectivity index (χ3v) is 3.08. The molecule has 1 fully saturated rings. The first-order valence-corrected chi connectivity index (χ1v) is 5.28. The zero-order chi connectivity index (χ0) is 10.9. The van der Waals surface area contributed by atoms with Gasteiger partial charge in [-0.2, -0.15) is 0 Å². The third kappa shape index (κ3) is 2.02. The van der Waals surface area contributed by atoms with Crippen LogP contribution in [-0.4, -0.2) is 13.1 Å². The molecule has 1 aromatic rings. The van der Waals surface area contributed by atoms with E-state index in [0.717, 1.165) is 5.56 Å². The van der Waals surface area contributed by atoms with E-state index in [0.29, 0.717) is 31.5 Å². The first-order valence-electron chi connectivity index (χ1n) is 5.28. The van der Waals surface area contributed by atoms with Gasteiger partial charge >= 0.3 is 0 Å². The number of piperidine rings is 1. The maximum Gasteiger partial charge on any atom is 0.138 e. The van der Waals surface area contributed by atoms with E-state index in [1.807, 2.05) is 6.92 Å². The Labute approximate surface area is 88.5 Å². The number of aryl methyl sites for hydroxylation is 1. The minimum Gasteiger partial charge on any atom is -0.316 e. The van der Waals surface area contributed by atoms with Crippen molar-refractivity contribution in [3.8, 4) is 0 Å². The molecule has 1 heterocycles. The van der Waals surface area contributed by atoms with E-state index >= 15 is 0 Å². The summed E-state index contributed by atoms with van der Waals surface area (Å²) in [6.45, 7) is 3.15. The maximum absolute atomic E-state index is 14.5. The van der Waals surface area contributed by atoms with Gasteiger partial charge in [0.2, 0.25) is 0 Å². The fourth-order valence-electron chi connectivity index (χ4n) is 2.17. The molecule has 0 aliphatic carbocycles. The molecule has 1 aromatic carbocycles. The van der Waals surface area contributed by atoms with Crippen LogP contribution in [0.1, 0.15) is 24.0 Å². The van der Waals surface area contributed by atoms with Crippen molar-refractivity contribution in [1.82, 2.24) is 5.32 Å². The van der Waals surface area contributed by atoms with Crippen LogP contribution in [0.25, 0.3) is 0 Å². The second-order valence-electron chi connectivity index (χ2n) is 4.17. The number of hydrogen-bond acceptors (Lipinski definition) is 1. The van der Waals surface area contributed by atoms with Crippen molar-refractivity contribution in [2.75, 3.05) is 13.1 Å². The number of hydrogen-bond donors (Lipinski definition) is 1. The number of nitrogens with one attached hydrogen (secondary N) is 1. The summed E-state index contributed by atoms with van der Waals surface area (Å²) >= 11 is 0. The maximum atomic E-state index is 14.5. The predicted molar refractivity (Wildman–Crippen MR) is 56.0 cm³/mol. The second kappa shape index (κ2) is 3.89. The Kier molecular flexibility index (Phi) is 2.74. The highest BCUT2D eigenvalue weighted by Gasteiger charge is 2.34. The first kappa shape index (κ1) is 10.6. The standard InChI is InChI=1S/C12H15F2N/c1-9-2-3-10(13)8-11(9)12(14)4-6-15-7-5-12/h2-3,8,15H,4-7H2,1H3. The molecule has 1 nitrogen and oxygen atoms in total. The van der Waals surface area contributed by atoms with Crippen LogP contribution in [-0.2, 0) is 5.67 Å². The summed E-state index contributed by atoms with van der Waals surface area (Å²) in [7, 11) is 0. The summed E-state index contributed by atoms with van der Waals surface area (Å²) in [5.41, 5.74) is 0.00190. The van der Waals surface area contributed by atoms with Crippen LogP contribution < -0.4 is 5.32 Å². The monoisotopic (exact) mass is 211 g/mol. The van der Waals surface area contributed by atoms with Crippen molar-refractivity contribution in [3.05, 3.63) is 35.1 Å². The average Bonchev–Trinajstić information content (AvgIpc) is 2.23. The number of halogens is 2. The van der Waals surface area contributed by atoms with Gasteiger partial charge in [-0.1, -0.05) is 6.07 Å². The molecular formula is C12H15F2N. The van der Waals surface area contributed by atoms with Crippen molar-refractivity contribution in [2.45, 2.75) is 25.4 Å². The van der Waals surface area contributed by atoms with E-state index in [1.54, 1.807) is 6.07 Å². The first-order chi connectivity index (χ1) is 7.12. The quantitative estimate of drug-likeness (QED) is 0.753. The van der Waals surface area contributed by atoms with Crippen molar-refractivity contribution >= 4 is 0 Å². The number of rotatable bonds is 1. The minimum absolute atomic E-state index is 0.355. The lowest BCUT2D eigenvalue weighted by Crippen LogP contribution is -2.37. The molecular weight excluding hydrogens is 196 g/mol. The second-order valence-corrected chi connectivity index (χ2v) is 4.17. The van der Waals surface area contributed by atoms with E-state index in [1.165, 1.54) is 12.1 Å². The van der Waals surface area contributed by atoms with Crippen molar-refractivity contribution < 1.29 is 8.78 Å². The SMILES string of the molecule is Cc1ccc(F)cc1C1(F)CCNCC1. The van der Waals surface area contributed by atoms with Crippen molar-refractivity contribution in [1.29, 1.82) is 0 Å². The fourth-order valence-corrected chi connectivity index (χ4v) is 2.17. The Morgan fingerprint density at radius 2 is 1.93 bits per heavy atom. The summed E-state index contributed by atoms with van der Waals surface area (Å²) in [5, 5.41) is 3.11. The molecule has 1 aliphatic rings. The zero-order valence-corrected chi connectivity index (χ0v) is 8.82. The topological polar surface area (TPSA) is 12.0 Å². The highest BCUT2D eigenvalue weighted by Crippen LogP contribution is 2.36. The molecule has 1 aliphatic heterocycles. The van der Waals surface area contributed by atoms with Gasteiger partial charge in [-0.05, 0) is 56.1 Å². The lowest BCUT2D eigenvalue weighted by atomic mass is 9.84. The predicted octanol–water partition coefficient (Wildman–Crippen LogP) is 2.68. The summed E-state index contributed by atoms with van der Waals surface area (Å²) in [4.78, 5) is 0. The molecule has 3 heteroatoms.